The van der Waals surface area contributed by atoms with Gasteiger partial charge in [-0.3, -0.25) is 0 Å². The van der Waals surface area contributed by atoms with Crippen LogP contribution < -0.4 is 0 Å². The SMILES string of the molecule is CCCCCCCCOC(C)(C)C(=O)O. The van der Waals surface area contributed by atoms with E-state index in [2.05, 4.69) is 6.92 Å². The van der Waals surface area contributed by atoms with E-state index in [-0.39, 0.29) is 0 Å². The molecular formula is C12H24O3. The minimum absolute atomic E-state index is 0.547. The average Bonchev–Trinajstić information content (AvgIpc) is 2.16. The van der Waals surface area contributed by atoms with E-state index in [1.807, 2.05) is 0 Å². The van der Waals surface area contributed by atoms with Gasteiger partial charge in [-0.25, -0.2) is 4.79 Å². The Morgan fingerprint density at radius 2 is 1.67 bits per heavy atom. The molecule has 3 nitrogen and oxygen atoms in total. The summed E-state index contributed by atoms with van der Waals surface area (Å²) in [7, 11) is 0. The van der Waals surface area contributed by atoms with Crippen molar-refractivity contribution in [1.82, 2.24) is 0 Å². The molecule has 15 heavy (non-hydrogen) atoms. The molecule has 0 bridgehead atoms. The molecule has 0 unspecified atom stereocenters. The van der Waals surface area contributed by atoms with Gasteiger partial charge in [0.25, 0.3) is 0 Å². The number of carbonyl (C=O) groups is 1. The zero-order valence-corrected chi connectivity index (χ0v) is 10.2. The van der Waals surface area contributed by atoms with Crippen molar-refractivity contribution < 1.29 is 14.6 Å². The molecule has 3 heteroatoms. The van der Waals surface area contributed by atoms with Crippen molar-refractivity contribution in [2.24, 2.45) is 0 Å². The van der Waals surface area contributed by atoms with Crippen LogP contribution in [0.25, 0.3) is 0 Å². The summed E-state index contributed by atoms with van der Waals surface area (Å²) in [6, 6.07) is 0. The molecular weight excluding hydrogens is 192 g/mol. The van der Waals surface area contributed by atoms with Crippen molar-refractivity contribution >= 4 is 5.97 Å². The van der Waals surface area contributed by atoms with Crippen molar-refractivity contribution in [3.05, 3.63) is 0 Å². The monoisotopic (exact) mass is 216 g/mol. The summed E-state index contributed by atoms with van der Waals surface area (Å²) < 4.78 is 5.30. The van der Waals surface area contributed by atoms with Gasteiger partial charge in [0.05, 0.1) is 0 Å². The molecule has 90 valence electrons. The fraction of sp³-hybridized carbons (Fsp3) is 0.917. The number of carboxylic acids is 1. The van der Waals surface area contributed by atoms with Gasteiger partial charge in [-0.15, -0.1) is 0 Å². The van der Waals surface area contributed by atoms with Crippen LogP contribution in [0.5, 0.6) is 0 Å². The van der Waals surface area contributed by atoms with E-state index in [1.165, 1.54) is 25.7 Å². The zero-order valence-electron chi connectivity index (χ0n) is 10.2. The lowest BCUT2D eigenvalue weighted by Crippen LogP contribution is -2.35. The number of ether oxygens (including phenoxy) is 1. The summed E-state index contributed by atoms with van der Waals surface area (Å²) in [5, 5.41) is 8.79. The molecule has 0 fully saturated rings. The van der Waals surface area contributed by atoms with E-state index in [1.54, 1.807) is 13.8 Å². The standard InChI is InChI=1S/C12H24O3/c1-4-5-6-7-8-9-10-15-12(2,3)11(13)14/h4-10H2,1-3H3,(H,13,14). The van der Waals surface area contributed by atoms with Gasteiger partial charge in [0.15, 0.2) is 5.60 Å². The highest BCUT2D eigenvalue weighted by molar-refractivity contribution is 5.76. The summed E-state index contributed by atoms with van der Waals surface area (Å²) in [6.07, 6.45) is 7.14. The minimum Gasteiger partial charge on any atom is -0.479 e. The molecule has 0 saturated carbocycles. The predicted molar refractivity (Wildman–Crippen MR) is 61.0 cm³/mol. The van der Waals surface area contributed by atoms with Crippen molar-refractivity contribution in [3.8, 4) is 0 Å². The molecule has 1 N–H and O–H groups in total. The third-order valence-corrected chi connectivity index (χ3v) is 2.48. The second-order valence-electron chi connectivity index (χ2n) is 4.43. The number of unbranched alkanes of at least 4 members (excludes halogenated alkanes) is 5. The van der Waals surface area contributed by atoms with Gasteiger partial charge >= 0.3 is 5.97 Å². The van der Waals surface area contributed by atoms with Gasteiger partial charge in [0, 0.05) is 6.61 Å². The Balaban J connectivity index is 3.35. The molecule has 0 spiro atoms. The van der Waals surface area contributed by atoms with Gasteiger partial charge in [-0.2, -0.15) is 0 Å². The number of carboxylic acid groups (broad SMARTS) is 1. The summed E-state index contributed by atoms with van der Waals surface area (Å²) >= 11 is 0. The Bertz CT molecular complexity index is 176. The van der Waals surface area contributed by atoms with E-state index in [0.717, 1.165) is 12.8 Å². The Kier molecular flexibility index (Phi) is 7.39. The highest BCUT2D eigenvalue weighted by Crippen LogP contribution is 2.11. The van der Waals surface area contributed by atoms with E-state index in [4.69, 9.17) is 9.84 Å². The summed E-state index contributed by atoms with van der Waals surface area (Å²) in [4.78, 5) is 10.7. The van der Waals surface area contributed by atoms with Gasteiger partial charge in [-0.1, -0.05) is 39.0 Å². The first kappa shape index (κ1) is 14.4. The topological polar surface area (TPSA) is 46.5 Å². The van der Waals surface area contributed by atoms with Gasteiger partial charge < -0.3 is 9.84 Å². The van der Waals surface area contributed by atoms with Crippen LogP contribution in [0.2, 0.25) is 0 Å². The highest BCUT2D eigenvalue weighted by Gasteiger charge is 2.27. The first-order valence-electron chi connectivity index (χ1n) is 5.88. The lowest BCUT2D eigenvalue weighted by molar-refractivity contribution is -0.161. The summed E-state index contributed by atoms with van der Waals surface area (Å²) in [6.45, 7) is 5.92. The van der Waals surface area contributed by atoms with Crippen molar-refractivity contribution in [3.63, 3.8) is 0 Å². The van der Waals surface area contributed by atoms with Gasteiger partial charge in [0.2, 0.25) is 0 Å². The Hall–Kier alpha value is -0.570. The first-order chi connectivity index (χ1) is 7.00. The third-order valence-electron chi connectivity index (χ3n) is 2.48. The van der Waals surface area contributed by atoms with Crippen molar-refractivity contribution in [2.45, 2.75) is 64.9 Å². The lowest BCUT2D eigenvalue weighted by atomic mass is 10.1. The maximum absolute atomic E-state index is 10.7. The van der Waals surface area contributed by atoms with Gasteiger partial charge in [-0.05, 0) is 20.3 Å². The fourth-order valence-electron chi connectivity index (χ4n) is 1.27. The Morgan fingerprint density at radius 1 is 1.13 bits per heavy atom. The number of rotatable bonds is 9. The minimum atomic E-state index is -1.04. The van der Waals surface area contributed by atoms with E-state index in [0.29, 0.717) is 6.61 Å². The smallest absolute Gasteiger partial charge is 0.335 e. The van der Waals surface area contributed by atoms with Crippen molar-refractivity contribution in [2.75, 3.05) is 6.61 Å². The highest BCUT2D eigenvalue weighted by atomic mass is 16.5. The largest absolute Gasteiger partial charge is 0.479 e. The number of aliphatic carboxylic acids is 1. The molecule has 0 saturated heterocycles. The molecule has 0 heterocycles. The molecule has 0 atom stereocenters. The van der Waals surface area contributed by atoms with Crippen LogP contribution in [0.1, 0.15) is 59.3 Å². The molecule has 0 rings (SSSR count). The molecule has 0 aliphatic carbocycles. The second-order valence-corrected chi connectivity index (χ2v) is 4.43. The first-order valence-corrected chi connectivity index (χ1v) is 5.88. The normalized spacial score (nSPS) is 11.7. The third kappa shape index (κ3) is 7.37. The van der Waals surface area contributed by atoms with Crippen LogP contribution in [0.4, 0.5) is 0 Å². The zero-order chi connectivity index (χ0) is 11.7. The molecule has 0 aromatic carbocycles. The van der Waals surface area contributed by atoms with Crippen LogP contribution >= 0.6 is 0 Å². The van der Waals surface area contributed by atoms with Crippen LogP contribution in [0, 0.1) is 0 Å². The van der Waals surface area contributed by atoms with Crippen LogP contribution in [-0.4, -0.2) is 23.3 Å². The van der Waals surface area contributed by atoms with E-state index in [9.17, 15) is 4.79 Å². The summed E-state index contributed by atoms with van der Waals surface area (Å²) in [5.74, 6) is -0.895. The van der Waals surface area contributed by atoms with Gasteiger partial charge in [0.1, 0.15) is 0 Å². The van der Waals surface area contributed by atoms with Crippen LogP contribution in [0.3, 0.4) is 0 Å². The molecule has 0 aliphatic rings. The molecule has 0 aromatic heterocycles. The Labute approximate surface area is 92.8 Å². The number of hydrogen-bond donors (Lipinski definition) is 1. The fourth-order valence-corrected chi connectivity index (χ4v) is 1.27. The Morgan fingerprint density at radius 3 is 2.20 bits per heavy atom. The maximum atomic E-state index is 10.7. The van der Waals surface area contributed by atoms with Crippen molar-refractivity contribution in [1.29, 1.82) is 0 Å². The average molecular weight is 216 g/mol. The maximum Gasteiger partial charge on any atom is 0.335 e. The lowest BCUT2D eigenvalue weighted by Gasteiger charge is -2.19. The van der Waals surface area contributed by atoms with E-state index < -0.39 is 11.6 Å². The van der Waals surface area contributed by atoms with Crippen LogP contribution in [-0.2, 0) is 9.53 Å². The quantitative estimate of drug-likeness (QED) is 0.602. The van der Waals surface area contributed by atoms with E-state index >= 15 is 0 Å². The molecule has 0 radical (unpaired) electrons. The second kappa shape index (κ2) is 7.69. The molecule has 0 aromatic rings. The molecule has 0 aliphatic heterocycles. The van der Waals surface area contributed by atoms with Crippen LogP contribution in [0.15, 0.2) is 0 Å². The number of hydrogen-bond acceptors (Lipinski definition) is 2. The summed E-state index contributed by atoms with van der Waals surface area (Å²) in [5.41, 5.74) is -1.04. The predicted octanol–water partition coefficient (Wildman–Crippen LogP) is 3.23. The molecule has 0 amide bonds.